The van der Waals surface area contributed by atoms with E-state index in [1.165, 1.54) is 18.4 Å². The topological polar surface area (TPSA) is 41.6 Å². The van der Waals surface area contributed by atoms with E-state index >= 15 is 0 Å². The zero-order chi connectivity index (χ0) is 19.1. The molecule has 2 aromatic rings. The summed E-state index contributed by atoms with van der Waals surface area (Å²) in [6.45, 7) is 2.77. The Balaban J connectivity index is 1.58. The van der Waals surface area contributed by atoms with E-state index in [2.05, 4.69) is 38.3 Å². The Morgan fingerprint density at radius 2 is 1.96 bits per heavy atom. The fourth-order valence-corrected chi connectivity index (χ4v) is 4.29. The van der Waals surface area contributed by atoms with Crippen molar-refractivity contribution in [1.29, 1.82) is 0 Å². The lowest BCUT2D eigenvalue weighted by molar-refractivity contribution is -0.118. The van der Waals surface area contributed by atoms with Gasteiger partial charge in [-0.15, -0.1) is 11.8 Å². The molecule has 0 aliphatic carbocycles. The predicted molar refractivity (Wildman–Crippen MR) is 114 cm³/mol. The zero-order valence-electron chi connectivity index (χ0n) is 15.5. The average Bonchev–Trinajstić information content (AvgIpc) is 3.22. The Morgan fingerprint density at radius 3 is 2.67 bits per heavy atom. The smallest absolute Gasteiger partial charge is 0.230 e. The van der Waals surface area contributed by atoms with Crippen molar-refractivity contribution in [2.24, 2.45) is 0 Å². The number of amides is 1. The Hall–Kier alpha value is -1.50. The molecule has 2 aromatic carbocycles. The number of thioether (sulfide) groups is 1. The van der Waals surface area contributed by atoms with Crippen LogP contribution in [-0.2, 0) is 4.79 Å². The van der Waals surface area contributed by atoms with E-state index in [0.29, 0.717) is 12.3 Å². The fourth-order valence-electron chi connectivity index (χ4n) is 3.30. The number of carbonyl (C=O) groups excluding carboxylic acids is 1. The molecule has 1 amide bonds. The molecule has 0 radical (unpaired) electrons. The first-order valence-electron chi connectivity index (χ1n) is 9.19. The quantitative estimate of drug-likeness (QED) is 0.603. The molecule has 6 heteroatoms. The van der Waals surface area contributed by atoms with Crippen molar-refractivity contribution in [1.82, 2.24) is 10.2 Å². The zero-order valence-corrected chi connectivity index (χ0v) is 17.9. The molecule has 0 saturated carbocycles. The molecule has 0 spiro atoms. The first-order valence-corrected chi connectivity index (χ1v) is 11.0. The lowest BCUT2D eigenvalue weighted by atomic mass is 10.0. The van der Waals surface area contributed by atoms with E-state index < -0.39 is 0 Å². The van der Waals surface area contributed by atoms with Crippen molar-refractivity contribution in [3.8, 4) is 5.75 Å². The summed E-state index contributed by atoms with van der Waals surface area (Å²) < 4.78 is 6.42. The largest absolute Gasteiger partial charge is 0.497 e. The number of rotatable bonds is 8. The molecule has 1 unspecified atom stereocenters. The molecular formula is C21H25BrN2O2S. The van der Waals surface area contributed by atoms with Crippen LogP contribution in [0.3, 0.4) is 0 Å². The first-order chi connectivity index (χ1) is 13.2. The van der Waals surface area contributed by atoms with E-state index in [1.807, 2.05) is 36.4 Å². The molecule has 3 rings (SSSR count). The van der Waals surface area contributed by atoms with E-state index in [-0.39, 0.29) is 11.9 Å². The van der Waals surface area contributed by atoms with Gasteiger partial charge in [-0.3, -0.25) is 9.69 Å². The SMILES string of the molecule is COc1cccc(C(CNC(=O)CSc2ccc(Br)cc2)N2CCCC2)c1. The lowest BCUT2D eigenvalue weighted by Crippen LogP contribution is -2.37. The second kappa shape index (κ2) is 10.2. The van der Waals surface area contributed by atoms with Crippen LogP contribution in [0, 0.1) is 0 Å². The number of ether oxygens (including phenoxy) is 1. The maximum absolute atomic E-state index is 12.4. The summed E-state index contributed by atoms with van der Waals surface area (Å²) in [6.07, 6.45) is 2.43. The first kappa shape index (κ1) is 20.2. The van der Waals surface area contributed by atoms with Crippen molar-refractivity contribution in [3.63, 3.8) is 0 Å². The van der Waals surface area contributed by atoms with Gasteiger partial charge in [0, 0.05) is 15.9 Å². The third kappa shape index (κ3) is 5.99. The van der Waals surface area contributed by atoms with Crippen molar-refractivity contribution in [2.75, 3.05) is 32.5 Å². The molecule has 0 aromatic heterocycles. The number of nitrogens with one attached hydrogen (secondary N) is 1. The number of carbonyl (C=O) groups is 1. The van der Waals surface area contributed by atoms with Gasteiger partial charge >= 0.3 is 0 Å². The van der Waals surface area contributed by atoms with Crippen LogP contribution < -0.4 is 10.1 Å². The van der Waals surface area contributed by atoms with Crippen LogP contribution in [0.5, 0.6) is 5.75 Å². The summed E-state index contributed by atoms with van der Waals surface area (Å²) in [5.74, 6) is 1.34. The monoisotopic (exact) mass is 448 g/mol. The maximum Gasteiger partial charge on any atom is 0.230 e. The van der Waals surface area contributed by atoms with Crippen LogP contribution in [0.2, 0.25) is 0 Å². The number of benzene rings is 2. The molecule has 0 bridgehead atoms. The van der Waals surface area contributed by atoms with Gasteiger partial charge in [-0.2, -0.15) is 0 Å². The Kier molecular flexibility index (Phi) is 7.61. The molecule has 1 N–H and O–H groups in total. The minimum Gasteiger partial charge on any atom is -0.497 e. The number of methoxy groups -OCH3 is 1. The number of halogens is 1. The van der Waals surface area contributed by atoms with E-state index in [9.17, 15) is 4.79 Å². The average molecular weight is 449 g/mol. The van der Waals surface area contributed by atoms with Crippen LogP contribution in [0.4, 0.5) is 0 Å². The third-order valence-corrected chi connectivity index (χ3v) is 6.28. The maximum atomic E-state index is 12.4. The Morgan fingerprint density at radius 1 is 1.22 bits per heavy atom. The highest BCUT2D eigenvalue weighted by Gasteiger charge is 2.24. The number of hydrogen-bond donors (Lipinski definition) is 1. The summed E-state index contributed by atoms with van der Waals surface area (Å²) in [6, 6.07) is 16.4. The molecule has 1 heterocycles. The highest BCUT2D eigenvalue weighted by atomic mass is 79.9. The Labute approximate surface area is 173 Å². The highest BCUT2D eigenvalue weighted by molar-refractivity contribution is 9.10. The third-order valence-electron chi connectivity index (χ3n) is 4.74. The van der Waals surface area contributed by atoms with Gasteiger partial charge in [0.2, 0.25) is 5.91 Å². The molecule has 1 aliphatic rings. The number of likely N-dealkylation sites (tertiary alicyclic amines) is 1. The molecular weight excluding hydrogens is 424 g/mol. The predicted octanol–water partition coefficient (Wildman–Crippen LogP) is 4.50. The molecule has 1 fully saturated rings. The van der Waals surface area contributed by atoms with Crippen LogP contribution in [0.15, 0.2) is 57.9 Å². The Bertz CT molecular complexity index is 748. The second-order valence-corrected chi connectivity index (χ2v) is 8.55. The van der Waals surface area contributed by atoms with Gasteiger partial charge in [-0.1, -0.05) is 28.1 Å². The van der Waals surface area contributed by atoms with Crippen molar-refractivity contribution in [3.05, 3.63) is 58.6 Å². The van der Waals surface area contributed by atoms with Crippen LogP contribution in [0.1, 0.15) is 24.4 Å². The second-order valence-electron chi connectivity index (χ2n) is 6.58. The van der Waals surface area contributed by atoms with Crippen molar-refractivity contribution >= 4 is 33.6 Å². The normalized spacial score (nSPS) is 15.5. The van der Waals surface area contributed by atoms with Crippen LogP contribution >= 0.6 is 27.7 Å². The van der Waals surface area contributed by atoms with E-state index in [4.69, 9.17) is 4.74 Å². The molecule has 144 valence electrons. The van der Waals surface area contributed by atoms with Gasteiger partial charge in [-0.25, -0.2) is 0 Å². The summed E-state index contributed by atoms with van der Waals surface area (Å²) in [5, 5.41) is 3.13. The van der Waals surface area contributed by atoms with Gasteiger partial charge in [0.1, 0.15) is 5.75 Å². The van der Waals surface area contributed by atoms with Crippen LogP contribution in [-0.4, -0.2) is 43.3 Å². The van der Waals surface area contributed by atoms with E-state index in [0.717, 1.165) is 28.2 Å². The molecule has 1 aliphatic heterocycles. The fraction of sp³-hybridized carbons (Fsp3) is 0.381. The van der Waals surface area contributed by atoms with Crippen LogP contribution in [0.25, 0.3) is 0 Å². The van der Waals surface area contributed by atoms with Gasteiger partial charge < -0.3 is 10.1 Å². The van der Waals surface area contributed by atoms with E-state index in [1.54, 1.807) is 18.9 Å². The minimum atomic E-state index is 0.0648. The number of hydrogen-bond acceptors (Lipinski definition) is 4. The highest BCUT2D eigenvalue weighted by Crippen LogP contribution is 2.27. The minimum absolute atomic E-state index is 0.0648. The lowest BCUT2D eigenvalue weighted by Gasteiger charge is -2.28. The molecule has 4 nitrogen and oxygen atoms in total. The molecule has 27 heavy (non-hydrogen) atoms. The van der Waals surface area contributed by atoms with Gasteiger partial charge in [0.05, 0.1) is 18.9 Å². The summed E-state index contributed by atoms with van der Waals surface area (Å²) in [5.41, 5.74) is 1.19. The van der Waals surface area contributed by atoms with Crippen molar-refractivity contribution in [2.45, 2.75) is 23.8 Å². The summed E-state index contributed by atoms with van der Waals surface area (Å²) in [7, 11) is 1.69. The van der Waals surface area contributed by atoms with Gasteiger partial charge in [0.25, 0.3) is 0 Å². The summed E-state index contributed by atoms with van der Waals surface area (Å²) in [4.78, 5) is 15.9. The van der Waals surface area contributed by atoms with Crippen molar-refractivity contribution < 1.29 is 9.53 Å². The van der Waals surface area contributed by atoms with Gasteiger partial charge in [0.15, 0.2) is 0 Å². The standard InChI is InChI=1S/C21H25BrN2O2S/c1-26-18-6-4-5-16(13-18)20(24-11-2-3-12-24)14-23-21(25)15-27-19-9-7-17(22)8-10-19/h4-10,13,20H,2-3,11-12,14-15H2,1H3,(H,23,25). The molecule has 1 atom stereocenters. The number of nitrogens with zero attached hydrogens (tertiary/aromatic N) is 1. The molecule has 1 saturated heterocycles. The van der Waals surface area contributed by atoms with Gasteiger partial charge in [-0.05, 0) is 67.9 Å². The summed E-state index contributed by atoms with van der Waals surface area (Å²) >= 11 is 4.99.